The monoisotopic (exact) mass is 376 g/mol. The van der Waals surface area contributed by atoms with Crippen molar-refractivity contribution in [1.29, 1.82) is 0 Å². The summed E-state index contributed by atoms with van der Waals surface area (Å²) in [5.74, 6) is -1.43. The van der Waals surface area contributed by atoms with Crippen LogP contribution in [-0.4, -0.2) is 43.9 Å². The summed E-state index contributed by atoms with van der Waals surface area (Å²) in [6, 6.07) is 8.98. The minimum absolute atomic E-state index is 0. The molecule has 2 rings (SSSR count). The van der Waals surface area contributed by atoms with Crippen LogP contribution in [0.5, 0.6) is 0 Å². The topological polar surface area (TPSA) is 125 Å². The Bertz CT molecular complexity index is 610. The first kappa shape index (κ1) is 24.5. The van der Waals surface area contributed by atoms with E-state index in [2.05, 4.69) is 4.18 Å². The summed E-state index contributed by atoms with van der Waals surface area (Å²) in [6.07, 6.45) is -3.52. The van der Waals surface area contributed by atoms with E-state index in [1.807, 2.05) is 6.07 Å². The Morgan fingerprint density at radius 3 is 2.38 bits per heavy atom. The summed E-state index contributed by atoms with van der Waals surface area (Å²) in [5, 5.41) is 10.9. The second kappa shape index (κ2) is 11.2. The van der Waals surface area contributed by atoms with Crippen LogP contribution in [-0.2, 0) is 35.5 Å². The molecule has 0 radical (unpaired) electrons. The van der Waals surface area contributed by atoms with E-state index in [1.165, 1.54) is 0 Å². The number of carboxylic acid groups (broad SMARTS) is 1. The molecule has 1 aliphatic heterocycles. The number of benzene rings is 1. The molecular formula is C13H14Na2O8S. The average molecular weight is 376 g/mol. The first-order chi connectivity index (χ1) is 10.3. The summed E-state index contributed by atoms with van der Waals surface area (Å²) in [4.78, 5) is 10.9. The summed E-state index contributed by atoms with van der Waals surface area (Å²) >= 11 is 0. The molecule has 0 aromatic heterocycles. The van der Waals surface area contributed by atoms with Gasteiger partial charge in [-0.2, -0.15) is 0 Å². The van der Waals surface area contributed by atoms with E-state index >= 15 is 0 Å². The molecule has 11 heteroatoms. The van der Waals surface area contributed by atoms with Gasteiger partial charge < -0.3 is 23.9 Å². The molecule has 1 aromatic carbocycles. The molecular weight excluding hydrogens is 362 g/mol. The molecule has 24 heavy (non-hydrogen) atoms. The summed E-state index contributed by atoms with van der Waals surface area (Å²) in [5.41, 5.74) is 0.808. The summed E-state index contributed by atoms with van der Waals surface area (Å²) in [6.45, 7) is -0.274. The van der Waals surface area contributed by atoms with Gasteiger partial charge in [-0.25, -0.2) is 8.42 Å². The summed E-state index contributed by atoms with van der Waals surface area (Å²) in [7, 11) is -4.95. The Hall–Kier alpha value is 0.480. The molecule has 0 aliphatic carbocycles. The number of rotatable bonds is 6. The van der Waals surface area contributed by atoms with Crippen LogP contribution in [0.3, 0.4) is 0 Å². The van der Waals surface area contributed by atoms with Gasteiger partial charge in [0.1, 0.15) is 6.10 Å². The van der Waals surface area contributed by atoms with Gasteiger partial charge in [-0.3, -0.25) is 4.18 Å². The van der Waals surface area contributed by atoms with Crippen molar-refractivity contribution in [2.24, 2.45) is 0 Å². The molecule has 1 heterocycles. The van der Waals surface area contributed by atoms with E-state index < -0.39 is 34.7 Å². The molecule has 1 aromatic rings. The van der Waals surface area contributed by atoms with Crippen LogP contribution >= 0.6 is 0 Å². The van der Waals surface area contributed by atoms with Crippen molar-refractivity contribution in [3.63, 3.8) is 0 Å². The maximum atomic E-state index is 10.9. The van der Waals surface area contributed by atoms with Crippen LogP contribution < -0.4 is 64.2 Å². The molecule has 1 fully saturated rings. The molecule has 3 atom stereocenters. The second-order valence-corrected chi connectivity index (χ2v) is 5.76. The van der Waals surface area contributed by atoms with E-state index in [4.69, 9.17) is 9.47 Å². The maximum Gasteiger partial charge on any atom is 1.00 e. The number of hydrogen-bond donors (Lipinski definition) is 0. The van der Waals surface area contributed by atoms with Gasteiger partial charge in [-0.15, -0.1) is 0 Å². The second-order valence-electron chi connectivity index (χ2n) is 4.75. The quantitative estimate of drug-likeness (QED) is 0.272. The molecule has 0 spiro atoms. The van der Waals surface area contributed by atoms with Crippen molar-refractivity contribution in [3.05, 3.63) is 35.9 Å². The SMILES string of the molecule is O=C([O-])C1CC(OCc2ccccc2)C(OS(=O)(=O)[O-])CO1.[Na+].[Na+]. The Morgan fingerprint density at radius 1 is 1.21 bits per heavy atom. The molecule has 1 aliphatic rings. The predicted molar refractivity (Wildman–Crippen MR) is 69.0 cm³/mol. The molecule has 3 unspecified atom stereocenters. The fraction of sp³-hybridized carbons (Fsp3) is 0.462. The van der Waals surface area contributed by atoms with Crippen LogP contribution in [0.2, 0.25) is 0 Å². The molecule has 0 amide bonds. The number of carbonyl (C=O) groups excluding carboxylic acids is 1. The molecule has 0 bridgehead atoms. The van der Waals surface area contributed by atoms with Crippen molar-refractivity contribution in [2.75, 3.05) is 6.61 Å². The number of carboxylic acids is 1. The third-order valence-electron chi connectivity index (χ3n) is 3.13. The Balaban J connectivity index is 0.00000264. The first-order valence-electron chi connectivity index (χ1n) is 6.47. The molecule has 122 valence electrons. The standard InChI is InChI=1S/C13H16O8S.2Na/c14-13(15)11-6-10(12(8-20-11)21-22(16,17)18)19-7-9-4-2-1-3-5-9;;/h1-5,10-12H,6-8H2,(H,14,15)(H,16,17,18);;/q;2*+1/p-2. The fourth-order valence-electron chi connectivity index (χ4n) is 2.11. The van der Waals surface area contributed by atoms with Crippen molar-refractivity contribution < 1.29 is 95.6 Å². The van der Waals surface area contributed by atoms with Crippen LogP contribution in [0.4, 0.5) is 0 Å². The number of hydrogen-bond acceptors (Lipinski definition) is 8. The fourth-order valence-corrected chi connectivity index (χ4v) is 2.59. The van der Waals surface area contributed by atoms with Gasteiger partial charge in [0.2, 0.25) is 10.4 Å². The zero-order chi connectivity index (χ0) is 16.2. The average Bonchev–Trinajstić information content (AvgIpc) is 2.45. The van der Waals surface area contributed by atoms with Crippen molar-refractivity contribution in [2.45, 2.75) is 31.3 Å². The predicted octanol–water partition coefficient (Wildman–Crippen LogP) is -7.04. The van der Waals surface area contributed by atoms with Gasteiger partial charge in [0.15, 0.2) is 0 Å². The molecule has 8 nitrogen and oxygen atoms in total. The molecule has 0 saturated carbocycles. The van der Waals surface area contributed by atoms with Gasteiger partial charge in [0.25, 0.3) is 0 Å². The smallest absolute Gasteiger partial charge is 0.726 e. The number of ether oxygens (including phenoxy) is 2. The third-order valence-corrected chi connectivity index (χ3v) is 3.62. The number of aliphatic carboxylic acids is 1. The van der Waals surface area contributed by atoms with Crippen molar-refractivity contribution in [1.82, 2.24) is 0 Å². The zero-order valence-corrected chi connectivity index (χ0v) is 18.2. The normalized spacial score (nSPS) is 23.6. The van der Waals surface area contributed by atoms with Gasteiger partial charge in [-0.05, 0) is 5.56 Å². The van der Waals surface area contributed by atoms with E-state index in [-0.39, 0.29) is 78.7 Å². The van der Waals surface area contributed by atoms with Crippen molar-refractivity contribution >= 4 is 16.4 Å². The molecule has 0 N–H and O–H groups in total. The Kier molecular flexibility index (Phi) is 11.5. The Labute approximate surface area is 184 Å². The van der Waals surface area contributed by atoms with Crippen LogP contribution in [0.25, 0.3) is 0 Å². The third kappa shape index (κ3) is 8.24. The van der Waals surface area contributed by atoms with Crippen LogP contribution in [0.1, 0.15) is 12.0 Å². The number of carbonyl (C=O) groups is 1. The van der Waals surface area contributed by atoms with Gasteiger partial charge in [-0.1, -0.05) is 30.3 Å². The zero-order valence-electron chi connectivity index (χ0n) is 13.4. The van der Waals surface area contributed by atoms with Gasteiger partial charge in [0, 0.05) is 6.42 Å². The largest absolute Gasteiger partial charge is 1.00 e. The van der Waals surface area contributed by atoms with E-state index in [0.717, 1.165) is 5.56 Å². The maximum absolute atomic E-state index is 10.9. The minimum Gasteiger partial charge on any atom is -0.726 e. The van der Waals surface area contributed by atoms with Gasteiger partial charge in [0.05, 0.1) is 31.4 Å². The van der Waals surface area contributed by atoms with Crippen molar-refractivity contribution in [3.8, 4) is 0 Å². The summed E-state index contributed by atoms with van der Waals surface area (Å²) < 4.78 is 46.9. The Morgan fingerprint density at radius 2 is 1.83 bits per heavy atom. The van der Waals surface area contributed by atoms with Crippen LogP contribution in [0, 0.1) is 0 Å². The van der Waals surface area contributed by atoms with Gasteiger partial charge >= 0.3 is 59.1 Å². The minimum atomic E-state index is -4.95. The van der Waals surface area contributed by atoms with Crippen LogP contribution in [0.15, 0.2) is 30.3 Å². The van der Waals surface area contributed by atoms with E-state index in [0.29, 0.717) is 0 Å². The molecule has 1 saturated heterocycles. The first-order valence-corrected chi connectivity index (χ1v) is 7.80. The van der Waals surface area contributed by atoms with E-state index in [9.17, 15) is 22.9 Å². The van der Waals surface area contributed by atoms with E-state index in [1.54, 1.807) is 24.3 Å².